The molecule has 2 heterocycles. The van der Waals surface area contributed by atoms with E-state index in [2.05, 4.69) is 17.1 Å². The summed E-state index contributed by atoms with van der Waals surface area (Å²) in [6.07, 6.45) is 1.51. The Bertz CT molecular complexity index is 1420. The van der Waals surface area contributed by atoms with Gasteiger partial charge in [0, 0.05) is 28.8 Å². The number of ketones is 1. The first-order valence-electron chi connectivity index (χ1n) is 10.9. The summed E-state index contributed by atoms with van der Waals surface area (Å²) >= 11 is 0. The Hall–Kier alpha value is -4.65. The predicted octanol–water partition coefficient (Wildman–Crippen LogP) is 2.84. The number of methoxy groups -OCH3 is 4. The third kappa shape index (κ3) is 4.27. The standard InChI is InChI=1S/C26H25N3O7/c1-14-18(32-2)7-6-17-22(23(31)16-10-19(33-3)26(35-5)20(11-16)34-4)25(36-24(14)17)15-8-9-29(28-12-15)13-21(27)30/h6-7,10-12,15H,13H2,1-5H3,(H2,27,30). The van der Waals surface area contributed by atoms with E-state index < -0.39 is 11.8 Å². The Morgan fingerprint density at radius 3 is 2.25 bits per heavy atom. The van der Waals surface area contributed by atoms with E-state index in [0.29, 0.717) is 50.9 Å². The summed E-state index contributed by atoms with van der Waals surface area (Å²) in [5.74, 6) is 3.42. The molecule has 0 spiro atoms. The second kappa shape index (κ2) is 9.92. The van der Waals surface area contributed by atoms with Crippen LogP contribution in [0.3, 0.4) is 0 Å². The van der Waals surface area contributed by atoms with Gasteiger partial charge >= 0.3 is 0 Å². The highest BCUT2D eigenvalue weighted by Crippen LogP contribution is 2.41. The number of aryl methyl sites for hydroxylation is 1. The Balaban J connectivity index is 1.90. The number of fused-ring (bicyclic) bond motifs is 1. The van der Waals surface area contributed by atoms with E-state index in [0.717, 1.165) is 5.56 Å². The number of hydrogen-bond acceptors (Lipinski definition) is 9. The van der Waals surface area contributed by atoms with E-state index >= 15 is 0 Å². The molecule has 1 aliphatic heterocycles. The molecule has 0 fully saturated rings. The number of benzene rings is 2. The van der Waals surface area contributed by atoms with Crippen LogP contribution in [0.2, 0.25) is 0 Å². The molecule has 2 N–H and O–H groups in total. The molecule has 2 aromatic carbocycles. The van der Waals surface area contributed by atoms with Crippen LogP contribution < -0.4 is 24.7 Å². The number of hydrogen-bond donors (Lipinski definition) is 1. The van der Waals surface area contributed by atoms with Gasteiger partial charge in [0.05, 0.1) is 34.0 Å². The van der Waals surface area contributed by atoms with E-state index in [1.165, 1.54) is 32.6 Å². The number of hydrazone groups is 1. The molecule has 36 heavy (non-hydrogen) atoms. The molecular formula is C26H25N3O7. The number of rotatable bonds is 9. The number of carbonyl (C=O) groups is 2. The van der Waals surface area contributed by atoms with E-state index in [9.17, 15) is 9.59 Å². The Labute approximate surface area is 207 Å². The molecular weight excluding hydrogens is 466 g/mol. The molecule has 0 saturated carbocycles. The SMILES string of the molecule is COc1cc(C(=O)c2c(C3C#CN(CC(N)=O)N=C3)oc3c(C)c(OC)ccc23)cc(OC)c1OC. The van der Waals surface area contributed by atoms with Crippen molar-refractivity contribution in [1.82, 2.24) is 5.01 Å². The van der Waals surface area contributed by atoms with Crippen LogP contribution in [-0.2, 0) is 4.79 Å². The van der Waals surface area contributed by atoms with E-state index in [-0.39, 0.29) is 12.3 Å². The third-order valence-corrected chi connectivity index (χ3v) is 5.75. The fourth-order valence-corrected chi connectivity index (χ4v) is 4.05. The largest absolute Gasteiger partial charge is 0.496 e. The molecule has 3 aromatic rings. The normalized spacial score (nSPS) is 14.2. The van der Waals surface area contributed by atoms with E-state index in [4.69, 9.17) is 29.1 Å². The monoisotopic (exact) mass is 491 g/mol. The van der Waals surface area contributed by atoms with Crippen molar-refractivity contribution in [3.05, 3.63) is 46.7 Å². The number of furan rings is 1. The van der Waals surface area contributed by atoms with Gasteiger partial charge in [-0.15, -0.1) is 0 Å². The average Bonchev–Trinajstić information content (AvgIpc) is 3.28. The van der Waals surface area contributed by atoms with Crippen LogP contribution in [0.15, 0.2) is 33.8 Å². The number of nitrogens with zero attached hydrogens (tertiary/aromatic N) is 2. The van der Waals surface area contributed by atoms with Crippen LogP contribution in [-0.4, -0.2) is 57.9 Å². The van der Waals surface area contributed by atoms with Gasteiger partial charge in [0.1, 0.15) is 29.6 Å². The van der Waals surface area contributed by atoms with Crippen LogP contribution in [0.4, 0.5) is 0 Å². The maximum Gasteiger partial charge on any atom is 0.239 e. The predicted molar refractivity (Wildman–Crippen MR) is 132 cm³/mol. The van der Waals surface area contributed by atoms with Gasteiger partial charge in [-0.2, -0.15) is 5.10 Å². The summed E-state index contributed by atoms with van der Waals surface area (Å²) in [6, 6.07) is 9.48. The van der Waals surface area contributed by atoms with Crippen molar-refractivity contribution in [1.29, 1.82) is 0 Å². The summed E-state index contributed by atoms with van der Waals surface area (Å²) in [5.41, 5.74) is 7.08. The minimum absolute atomic E-state index is 0.149. The zero-order valence-corrected chi connectivity index (χ0v) is 20.5. The molecule has 1 aromatic heterocycles. The van der Waals surface area contributed by atoms with E-state index in [1.807, 2.05) is 6.92 Å². The third-order valence-electron chi connectivity index (χ3n) is 5.75. The molecule has 0 aliphatic carbocycles. The Morgan fingerprint density at radius 1 is 1.06 bits per heavy atom. The molecule has 186 valence electrons. The van der Waals surface area contributed by atoms with Crippen molar-refractivity contribution in [2.75, 3.05) is 35.0 Å². The van der Waals surface area contributed by atoms with Gasteiger partial charge < -0.3 is 29.1 Å². The summed E-state index contributed by atoms with van der Waals surface area (Å²) in [7, 11) is 6.01. The van der Waals surface area contributed by atoms with Gasteiger partial charge in [0.15, 0.2) is 17.3 Å². The summed E-state index contributed by atoms with van der Waals surface area (Å²) in [6.45, 7) is 1.70. The first kappa shape index (κ1) is 24.5. The molecule has 0 saturated heterocycles. The van der Waals surface area contributed by atoms with Gasteiger partial charge in [-0.05, 0) is 31.2 Å². The van der Waals surface area contributed by atoms with E-state index in [1.54, 1.807) is 31.4 Å². The van der Waals surface area contributed by atoms with Crippen molar-refractivity contribution < 1.29 is 33.0 Å². The number of ether oxygens (including phenoxy) is 4. The van der Waals surface area contributed by atoms with Crippen LogP contribution in [0.5, 0.6) is 23.0 Å². The first-order valence-corrected chi connectivity index (χ1v) is 10.9. The molecule has 4 rings (SSSR count). The second-order valence-electron chi connectivity index (χ2n) is 7.88. The molecule has 10 nitrogen and oxygen atoms in total. The fourth-order valence-electron chi connectivity index (χ4n) is 4.05. The summed E-state index contributed by atoms with van der Waals surface area (Å²) in [4.78, 5) is 25.2. The number of nitrogens with two attached hydrogens (primary N) is 1. The van der Waals surface area contributed by atoms with Crippen molar-refractivity contribution >= 4 is 28.9 Å². The molecule has 1 aliphatic rings. The lowest BCUT2D eigenvalue weighted by molar-refractivity contribution is -0.118. The molecule has 1 atom stereocenters. The highest BCUT2D eigenvalue weighted by molar-refractivity contribution is 6.18. The van der Waals surface area contributed by atoms with Gasteiger partial charge in [-0.3, -0.25) is 9.59 Å². The van der Waals surface area contributed by atoms with Gasteiger partial charge in [-0.25, -0.2) is 5.01 Å². The van der Waals surface area contributed by atoms with Gasteiger partial charge in [0.25, 0.3) is 0 Å². The Kier molecular flexibility index (Phi) is 6.74. The number of carbonyl (C=O) groups excluding carboxylic acids is 2. The smallest absolute Gasteiger partial charge is 0.239 e. The highest BCUT2D eigenvalue weighted by atomic mass is 16.5. The van der Waals surface area contributed by atoms with Crippen molar-refractivity contribution in [3.63, 3.8) is 0 Å². The molecule has 1 unspecified atom stereocenters. The lowest BCUT2D eigenvalue weighted by Gasteiger charge is -2.15. The average molecular weight is 492 g/mol. The zero-order valence-electron chi connectivity index (χ0n) is 20.5. The Morgan fingerprint density at radius 2 is 1.72 bits per heavy atom. The van der Waals surface area contributed by atoms with Crippen molar-refractivity contribution in [2.24, 2.45) is 10.8 Å². The van der Waals surface area contributed by atoms with Crippen LogP contribution in [0, 0.1) is 18.9 Å². The van der Waals surface area contributed by atoms with Crippen molar-refractivity contribution in [3.8, 4) is 35.0 Å². The first-order chi connectivity index (χ1) is 17.3. The maximum absolute atomic E-state index is 14.0. The second-order valence-corrected chi connectivity index (χ2v) is 7.88. The summed E-state index contributed by atoms with van der Waals surface area (Å²) in [5, 5.41) is 6.01. The van der Waals surface area contributed by atoms with Gasteiger partial charge in [-0.1, -0.05) is 5.92 Å². The molecule has 10 heteroatoms. The van der Waals surface area contributed by atoms with Crippen LogP contribution >= 0.6 is 0 Å². The minimum atomic E-state index is -0.645. The molecule has 1 amide bonds. The molecule has 0 radical (unpaired) electrons. The van der Waals surface area contributed by atoms with Crippen LogP contribution in [0.25, 0.3) is 11.0 Å². The topological polar surface area (TPSA) is 126 Å². The summed E-state index contributed by atoms with van der Waals surface area (Å²) < 4.78 is 27.9. The van der Waals surface area contributed by atoms with Crippen molar-refractivity contribution in [2.45, 2.75) is 12.8 Å². The lowest BCUT2D eigenvalue weighted by Crippen LogP contribution is -2.28. The highest BCUT2D eigenvalue weighted by Gasteiger charge is 2.30. The number of amides is 1. The lowest BCUT2D eigenvalue weighted by atomic mass is 9.94. The minimum Gasteiger partial charge on any atom is -0.496 e. The van der Waals surface area contributed by atoms with Gasteiger partial charge in [0.2, 0.25) is 11.7 Å². The molecule has 0 bridgehead atoms. The maximum atomic E-state index is 14.0. The fraction of sp³-hybridized carbons (Fsp3) is 0.269. The quantitative estimate of drug-likeness (QED) is 0.358. The van der Waals surface area contributed by atoms with Crippen LogP contribution in [0.1, 0.15) is 33.2 Å². The zero-order chi connectivity index (χ0) is 26.0. The number of primary amides is 1.